The molecule has 4 aliphatic rings. The Morgan fingerprint density at radius 3 is 2.16 bits per heavy atom. The van der Waals surface area contributed by atoms with E-state index >= 15 is 4.79 Å². The van der Waals surface area contributed by atoms with E-state index in [0.29, 0.717) is 5.75 Å². The first-order chi connectivity index (χ1) is 31.4. The summed E-state index contributed by atoms with van der Waals surface area (Å²) in [6, 6.07) is 17.5. The molecule has 2 saturated carbocycles. The number of esters is 4. The predicted molar refractivity (Wildman–Crippen MR) is 232 cm³/mol. The Balaban J connectivity index is 1.35. The molecule has 2 aromatic carbocycles. The summed E-state index contributed by atoms with van der Waals surface area (Å²) in [4.78, 5) is 84.1. The lowest BCUT2D eigenvalue weighted by atomic mass is 9.44. The molecule has 0 spiro atoms. The second kappa shape index (κ2) is 18.2. The topological polar surface area (TPSA) is 253 Å². The van der Waals surface area contributed by atoms with Crippen LogP contribution in [0.25, 0.3) is 0 Å². The number of amides is 1. The molecule has 67 heavy (non-hydrogen) atoms. The summed E-state index contributed by atoms with van der Waals surface area (Å²) in [7, 11) is 0. The average molecular weight is 932 g/mol. The average Bonchev–Trinajstić information content (AvgIpc) is 3.80. The number of nitrogens with one attached hydrogen (secondary N) is 1. The van der Waals surface area contributed by atoms with E-state index in [9.17, 15) is 39.3 Å². The van der Waals surface area contributed by atoms with Crippen molar-refractivity contribution in [1.29, 1.82) is 0 Å². The highest BCUT2D eigenvalue weighted by Gasteiger charge is 2.78. The summed E-state index contributed by atoms with van der Waals surface area (Å²) < 4.78 is 47.2. The Hall–Kier alpha value is -6.08. The molecule has 1 unspecified atom stereocenters. The molecule has 11 atom stereocenters. The van der Waals surface area contributed by atoms with Crippen LogP contribution in [0.3, 0.4) is 0 Å². The molecule has 0 radical (unpaired) electrons. The summed E-state index contributed by atoms with van der Waals surface area (Å²) in [6.45, 7) is 10.9. The Morgan fingerprint density at radius 2 is 1.58 bits per heavy atom. The number of furan rings is 1. The van der Waals surface area contributed by atoms with Gasteiger partial charge in [0.2, 0.25) is 0 Å². The fraction of sp³-hybridized carbons (Fsp3) is 0.510. The highest BCUT2D eigenvalue weighted by molar-refractivity contribution is 5.94. The molecule has 360 valence electrons. The van der Waals surface area contributed by atoms with E-state index < -0.39 is 125 Å². The third-order valence-corrected chi connectivity index (χ3v) is 13.6. The monoisotopic (exact) mass is 931 g/mol. The molecule has 1 aromatic heterocycles. The summed E-state index contributed by atoms with van der Waals surface area (Å²) in [5.41, 5.74) is -9.10. The van der Waals surface area contributed by atoms with Gasteiger partial charge in [0.1, 0.15) is 59.3 Å². The third kappa shape index (κ3) is 8.94. The van der Waals surface area contributed by atoms with Crippen LogP contribution >= 0.6 is 0 Å². The van der Waals surface area contributed by atoms with Gasteiger partial charge in [0.15, 0.2) is 24.1 Å². The Morgan fingerprint density at radius 1 is 0.925 bits per heavy atom. The highest BCUT2D eigenvalue weighted by Crippen LogP contribution is 2.64. The maximum Gasteiger partial charge on any atom is 0.408 e. The minimum absolute atomic E-state index is 0.0362. The summed E-state index contributed by atoms with van der Waals surface area (Å²) in [5, 5.41) is 40.3. The second-order valence-corrected chi connectivity index (χ2v) is 19.2. The lowest BCUT2D eigenvalue weighted by molar-refractivity contribution is -0.346. The first-order valence-electron chi connectivity index (χ1n) is 22.0. The quantitative estimate of drug-likeness (QED) is 0.111. The van der Waals surface area contributed by atoms with Gasteiger partial charge in [-0.1, -0.05) is 50.2 Å². The van der Waals surface area contributed by atoms with E-state index in [-0.39, 0.29) is 35.5 Å². The molecule has 1 aliphatic heterocycles. The van der Waals surface area contributed by atoms with Crippen LogP contribution in [0, 0.1) is 16.7 Å². The molecular formula is C49H57NO17. The molecule has 18 heteroatoms. The van der Waals surface area contributed by atoms with Crippen molar-refractivity contribution in [3.63, 3.8) is 0 Å². The number of alkyl carbamates (subject to hydrolysis) is 1. The van der Waals surface area contributed by atoms with Crippen LogP contribution in [0.1, 0.15) is 90.4 Å². The minimum Gasteiger partial charge on any atom is -0.482 e. The molecule has 4 N–H and O–H groups in total. The molecule has 3 aliphatic carbocycles. The molecule has 3 fully saturated rings. The van der Waals surface area contributed by atoms with Crippen LogP contribution in [-0.2, 0) is 47.6 Å². The number of benzene rings is 2. The summed E-state index contributed by atoms with van der Waals surface area (Å²) in [5.74, 6) is -6.31. The molecule has 1 amide bonds. The second-order valence-electron chi connectivity index (χ2n) is 19.2. The van der Waals surface area contributed by atoms with E-state index in [2.05, 4.69) is 5.32 Å². The Bertz CT molecular complexity index is 2390. The molecule has 7 rings (SSSR count). The van der Waals surface area contributed by atoms with E-state index in [0.717, 1.165) is 6.92 Å². The van der Waals surface area contributed by atoms with E-state index in [1.165, 1.54) is 58.2 Å². The fourth-order valence-corrected chi connectivity index (χ4v) is 10.3. The molecule has 18 nitrogen and oxygen atoms in total. The smallest absolute Gasteiger partial charge is 0.408 e. The lowest BCUT2D eigenvalue weighted by Crippen LogP contribution is -2.82. The first-order valence-corrected chi connectivity index (χ1v) is 22.0. The standard InChI is InChI=1S/C49H57NO17/c1-26-31(63-43(57)38(54)36(30-20-15-21-60-30)50-44(58)67-45(3,4)5)23-49(59)41(65-42(56)28-16-11-9-12-17-28)39-47(8,40(55)37(53)35(26)46(49,6)7)32(22-33-48(39,25-62-33)66-27(2)51)64-34(52)24-61-29-18-13-10-14-19-29/h9-21,31-33,36-39,41,53-54,59H,22-25H2,1-8H3,(H,50,58)/t31-,32-,33+,36-,37+,38+,39?,41-,47+,48-,49+/m0/s1. The maximum absolute atomic E-state index is 15.6. The molecule has 2 bridgehead atoms. The van der Waals surface area contributed by atoms with Crippen LogP contribution in [0.2, 0.25) is 0 Å². The van der Waals surface area contributed by atoms with Crippen LogP contribution in [0.4, 0.5) is 4.79 Å². The largest absolute Gasteiger partial charge is 0.482 e. The highest BCUT2D eigenvalue weighted by atomic mass is 16.6. The SMILES string of the molecule is CC(=O)O[C@@]12CO[C@@H]1C[C@H](OC(=O)COc1ccccc1)[C@@]1(C)C(=O)[C@H](O)C3=C(C)[C@@H](OC(=O)[C@H](O)[C@@H](NC(=O)OC(C)(C)C)c4ccco4)C[C@@](O)([C@@H](OC(=O)c4ccccc4)C12)C3(C)C. The summed E-state index contributed by atoms with van der Waals surface area (Å²) >= 11 is 0. The number of carbonyl (C=O) groups excluding carboxylic acids is 6. The van der Waals surface area contributed by atoms with Crippen LogP contribution in [0.15, 0.2) is 94.6 Å². The van der Waals surface area contributed by atoms with Crippen LogP contribution in [-0.4, -0.2) is 118 Å². The van der Waals surface area contributed by atoms with Crippen molar-refractivity contribution in [3.8, 4) is 5.75 Å². The van der Waals surface area contributed by atoms with Gasteiger partial charge in [0.05, 0.1) is 29.8 Å². The normalized spacial score (nSPS) is 30.6. The zero-order valence-electron chi connectivity index (χ0n) is 38.5. The number of hydrogen-bond acceptors (Lipinski definition) is 17. The van der Waals surface area contributed by atoms with Crippen molar-refractivity contribution in [1.82, 2.24) is 5.32 Å². The number of hydrogen-bond donors (Lipinski definition) is 4. The minimum atomic E-state index is -2.46. The van der Waals surface area contributed by atoms with E-state index in [4.69, 9.17) is 37.6 Å². The zero-order valence-corrected chi connectivity index (χ0v) is 38.5. The number of para-hydroxylation sites is 1. The van der Waals surface area contributed by atoms with Gasteiger partial charge in [-0.2, -0.15) is 0 Å². The van der Waals surface area contributed by atoms with Gasteiger partial charge in [-0.15, -0.1) is 0 Å². The third-order valence-electron chi connectivity index (χ3n) is 13.6. The fourth-order valence-electron chi connectivity index (χ4n) is 10.3. The van der Waals surface area contributed by atoms with E-state index in [1.807, 2.05) is 0 Å². The number of rotatable bonds is 12. The van der Waals surface area contributed by atoms with Crippen molar-refractivity contribution in [2.24, 2.45) is 16.7 Å². The van der Waals surface area contributed by atoms with Gasteiger partial charge in [0, 0.05) is 25.2 Å². The van der Waals surface area contributed by atoms with Gasteiger partial charge >= 0.3 is 30.0 Å². The van der Waals surface area contributed by atoms with Gasteiger partial charge in [0.25, 0.3) is 0 Å². The zero-order chi connectivity index (χ0) is 48.9. The van der Waals surface area contributed by atoms with Gasteiger partial charge in [-0.3, -0.25) is 9.59 Å². The molecule has 1 saturated heterocycles. The number of ether oxygens (including phenoxy) is 7. The number of fused-ring (bicyclic) bond motifs is 5. The number of Topliss-reactive ketones (excluding diaryl/α,β-unsaturated/α-hetero) is 1. The van der Waals surface area contributed by atoms with Crippen molar-refractivity contribution < 1.29 is 81.7 Å². The Kier molecular flexibility index (Phi) is 13.3. The van der Waals surface area contributed by atoms with Crippen molar-refractivity contribution in [2.45, 2.75) is 128 Å². The van der Waals surface area contributed by atoms with Crippen molar-refractivity contribution >= 4 is 35.8 Å². The number of aliphatic hydroxyl groups excluding tert-OH is 2. The van der Waals surface area contributed by atoms with Crippen molar-refractivity contribution in [3.05, 3.63) is 102 Å². The molecular weight excluding hydrogens is 875 g/mol. The molecule has 2 heterocycles. The summed E-state index contributed by atoms with van der Waals surface area (Å²) in [6.07, 6.45) is -10.9. The maximum atomic E-state index is 15.6. The van der Waals surface area contributed by atoms with Crippen LogP contribution in [0.5, 0.6) is 5.75 Å². The number of carbonyl (C=O) groups is 6. The van der Waals surface area contributed by atoms with Gasteiger partial charge in [-0.05, 0) is 82.2 Å². The number of ketones is 1. The van der Waals surface area contributed by atoms with Gasteiger partial charge < -0.3 is 58.2 Å². The van der Waals surface area contributed by atoms with Gasteiger partial charge in [-0.25, -0.2) is 19.2 Å². The Labute approximate surface area is 386 Å². The lowest BCUT2D eigenvalue weighted by Gasteiger charge is -2.67. The van der Waals surface area contributed by atoms with E-state index in [1.54, 1.807) is 69.3 Å². The number of aliphatic hydroxyl groups is 3. The molecule has 3 aromatic rings. The van der Waals surface area contributed by atoms with Crippen LogP contribution < -0.4 is 10.1 Å². The predicted octanol–water partition coefficient (Wildman–Crippen LogP) is 4.48. The first kappa shape index (κ1) is 48.8. The van der Waals surface area contributed by atoms with Crippen molar-refractivity contribution in [2.75, 3.05) is 13.2 Å².